The third-order valence-corrected chi connectivity index (χ3v) is 7.52. The van der Waals surface area contributed by atoms with Crippen molar-refractivity contribution < 1.29 is 18.0 Å². The van der Waals surface area contributed by atoms with Gasteiger partial charge in [0.15, 0.2) is 0 Å². The first-order valence-electron chi connectivity index (χ1n) is 12.3. The second kappa shape index (κ2) is 13.7. The van der Waals surface area contributed by atoms with Crippen LogP contribution < -0.4 is 9.62 Å². The van der Waals surface area contributed by atoms with E-state index in [1.807, 2.05) is 51.1 Å². The van der Waals surface area contributed by atoms with Crippen LogP contribution in [0.25, 0.3) is 0 Å². The summed E-state index contributed by atoms with van der Waals surface area (Å²) < 4.78 is 26.4. The predicted octanol–water partition coefficient (Wildman–Crippen LogP) is 4.77. The van der Waals surface area contributed by atoms with Gasteiger partial charge >= 0.3 is 0 Å². The molecule has 0 aliphatic rings. The van der Waals surface area contributed by atoms with Crippen LogP contribution in [0.1, 0.15) is 51.2 Å². The van der Waals surface area contributed by atoms with Gasteiger partial charge in [0.2, 0.25) is 21.8 Å². The molecule has 0 saturated heterocycles. The SMILES string of the molecule is CC[C@H](C(=O)NCC(C)C)N(Cc1ccccc1)C(=O)CCCN(c1cccc(Cl)c1C)S(C)(=O)=O. The fourth-order valence-electron chi connectivity index (χ4n) is 3.97. The molecule has 0 unspecified atom stereocenters. The number of nitrogens with one attached hydrogen (secondary N) is 1. The normalized spacial score (nSPS) is 12.3. The summed E-state index contributed by atoms with van der Waals surface area (Å²) >= 11 is 6.22. The second-order valence-corrected chi connectivity index (χ2v) is 11.7. The van der Waals surface area contributed by atoms with E-state index in [1.165, 1.54) is 4.31 Å². The summed E-state index contributed by atoms with van der Waals surface area (Å²) in [6.07, 6.45) is 2.02. The number of rotatable bonds is 13. The standard InChI is InChI=1S/C27H38ClN3O4S/c1-6-24(27(33)29-18-20(2)3)30(19-22-12-8-7-9-13-22)26(32)16-11-17-31(36(5,34)35)25-15-10-14-23(28)21(25)4/h7-10,12-15,20,24H,6,11,16-19H2,1-5H3,(H,29,33)/t24-/m1/s1. The molecule has 9 heteroatoms. The van der Waals surface area contributed by atoms with Crippen LogP contribution in [0.2, 0.25) is 5.02 Å². The number of benzene rings is 2. The van der Waals surface area contributed by atoms with E-state index in [0.29, 0.717) is 48.1 Å². The lowest BCUT2D eigenvalue weighted by Gasteiger charge is -2.31. The molecule has 0 aromatic heterocycles. The van der Waals surface area contributed by atoms with Crippen molar-refractivity contribution in [2.75, 3.05) is 23.7 Å². The van der Waals surface area contributed by atoms with Crippen molar-refractivity contribution in [3.8, 4) is 0 Å². The number of sulfonamides is 1. The topological polar surface area (TPSA) is 86.8 Å². The lowest BCUT2D eigenvalue weighted by molar-refractivity contribution is -0.141. The fraction of sp³-hybridized carbons (Fsp3) is 0.481. The average molecular weight is 536 g/mol. The summed E-state index contributed by atoms with van der Waals surface area (Å²) in [6.45, 7) is 8.65. The molecular formula is C27H38ClN3O4S. The fourth-order valence-corrected chi connectivity index (χ4v) is 5.16. The summed E-state index contributed by atoms with van der Waals surface area (Å²) in [7, 11) is -3.59. The number of hydrogen-bond donors (Lipinski definition) is 1. The minimum Gasteiger partial charge on any atom is -0.354 e. The number of hydrogen-bond acceptors (Lipinski definition) is 4. The van der Waals surface area contributed by atoms with Crippen LogP contribution >= 0.6 is 11.6 Å². The Morgan fingerprint density at radius 1 is 1.06 bits per heavy atom. The van der Waals surface area contributed by atoms with Crippen LogP contribution in [0.15, 0.2) is 48.5 Å². The molecule has 198 valence electrons. The second-order valence-electron chi connectivity index (χ2n) is 9.39. The number of carbonyl (C=O) groups excluding carboxylic acids is 2. The molecule has 0 spiro atoms. The van der Waals surface area contributed by atoms with Crippen molar-refractivity contribution in [3.05, 3.63) is 64.7 Å². The summed E-state index contributed by atoms with van der Waals surface area (Å²) in [5.74, 6) is -0.0777. The molecule has 0 saturated carbocycles. The Balaban J connectivity index is 2.21. The molecule has 0 bridgehead atoms. The van der Waals surface area contributed by atoms with Gasteiger partial charge in [-0.25, -0.2) is 8.42 Å². The van der Waals surface area contributed by atoms with E-state index in [9.17, 15) is 18.0 Å². The zero-order chi connectivity index (χ0) is 26.9. The Labute approximate surface area is 220 Å². The highest BCUT2D eigenvalue weighted by molar-refractivity contribution is 7.92. The third kappa shape index (κ3) is 8.52. The smallest absolute Gasteiger partial charge is 0.242 e. The number of halogens is 1. The van der Waals surface area contributed by atoms with E-state index in [2.05, 4.69) is 5.32 Å². The minimum absolute atomic E-state index is 0.104. The van der Waals surface area contributed by atoms with Gasteiger partial charge in [0.05, 0.1) is 11.9 Å². The van der Waals surface area contributed by atoms with Crippen molar-refractivity contribution in [2.24, 2.45) is 5.92 Å². The maximum absolute atomic E-state index is 13.4. The highest BCUT2D eigenvalue weighted by Gasteiger charge is 2.29. The van der Waals surface area contributed by atoms with Gasteiger partial charge in [-0.3, -0.25) is 13.9 Å². The van der Waals surface area contributed by atoms with E-state index in [-0.39, 0.29) is 24.8 Å². The highest BCUT2D eigenvalue weighted by Crippen LogP contribution is 2.28. The van der Waals surface area contributed by atoms with Crippen molar-refractivity contribution in [1.29, 1.82) is 0 Å². The van der Waals surface area contributed by atoms with Crippen LogP contribution in [-0.2, 0) is 26.2 Å². The van der Waals surface area contributed by atoms with E-state index < -0.39 is 16.1 Å². The molecule has 0 radical (unpaired) electrons. The molecule has 0 aliphatic heterocycles. The predicted molar refractivity (Wildman–Crippen MR) is 147 cm³/mol. The first-order chi connectivity index (χ1) is 17.0. The molecule has 7 nitrogen and oxygen atoms in total. The van der Waals surface area contributed by atoms with Gasteiger partial charge in [0.1, 0.15) is 6.04 Å². The molecule has 2 aromatic rings. The highest BCUT2D eigenvalue weighted by atomic mass is 35.5. The molecule has 1 N–H and O–H groups in total. The average Bonchev–Trinajstić information content (AvgIpc) is 2.82. The van der Waals surface area contributed by atoms with Gasteiger partial charge in [-0.15, -0.1) is 0 Å². The van der Waals surface area contributed by atoms with Gasteiger partial charge in [0, 0.05) is 31.1 Å². The molecule has 0 fully saturated rings. The van der Waals surface area contributed by atoms with E-state index >= 15 is 0 Å². The molecule has 1 atom stereocenters. The summed E-state index contributed by atoms with van der Waals surface area (Å²) in [6, 6.07) is 14.1. The van der Waals surface area contributed by atoms with Gasteiger partial charge in [-0.05, 0) is 48.9 Å². The maximum atomic E-state index is 13.4. The Morgan fingerprint density at radius 2 is 1.72 bits per heavy atom. The molecule has 0 aliphatic carbocycles. The largest absolute Gasteiger partial charge is 0.354 e. The van der Waals surface area contributed by atoms with E-state index in [0.717, 1.165) is 11.8 Å². The van der Waals surface area contributed by atoms with Crippen LogP contribution in [0.5, 0.6) is 0 Å². The molecule has 2 aromatic carbocycles. The maximum Gasteiger partial charge on any atom is 0.242 e. The Kier molecular flexibility index (Phi) is 11.2. The number of amides is 2. The summed E-state index contributed by atoms with van der Waals surface area (Å²) in [5.41, 5.74) is 2.08. The quantitative estimate of drug-likeness (QED) is 0.400. The zero-order valence-electron chi connectivity index (χ0n) is 21.8. The van der Waals surface area contributed by atoms with E-state index in [4.69, 9.17) is 11.6 Å². The Morgan fingerprint density at radius 3 is 2.31 bits per heavy atom. The summed E-state index contributed by atoms with van der Waals surface area (Å²) in [4.78, 5) is 28.0. The monoisotopic (exact) mass is 535 g/mol. The van der Waals surface area contributed by atoms with Crippen molar-refractivity contribution in [2.45, 2.75) is 59.5 Å². The molecule has 2 rings (SSSR count). The van der Waals surface area contributed by atoms with Crippen LogP contribution in [0, 0.1) is 12.8 Å². The number of nitrogens with zero attached hydrogens (tertiary/aromatic N) is 2. The molecule has 36 heavy (non-hydrogen) atoms. The van der Waals surface area contributed by atoms with Crippen LogP contribution in [0.3, 0.4) is 0 Å². The summed E-state index contributed by atoms with van der Waals surface area (Å²) in [5, 5.41) is 3.42. The molecule has 2 amide bonds. The molecular weight excluding hydrogens is 498 g/mol. The van der Waals surface area contributed by atoms with Gasteiger partial charge in [-0.1, -0.05) is 68.8 Å². The van der Waals surface area contributed by atoms with Crippen molar-refractivity contribution in [1.82, 2.24) is 10.2 Å². The van der Waals surface area contributed by atoms with Gasteiger partial charge < -0.3 is 10.2 Å². The van der Waals surface area contributed by atoms with Crippen LogP contribution in [0.4, 0.5) is 5.69 Å². The number of anilines is 1. The minimum atomic E-state index is -3.59. The zero-order valence-corrected chi connectivity index (χ0v) is 23.4. The Hall–Kier alpha value is -2.58. The molecule has 0 heterocycles. The van der Waals surface area contributed by atoms with E-state index in [1.54, 1.807) is 30.0 Å². The third-order valence-electron chi connectivity index (χ3n) is 5.93. The Bertz CT molecular complexity index is 1120. The lowest BCUT2D eigenvalue weighted by atomic mass is 10.1. The number of carbonyl (C=O) groups is 2. The van der Waals surface area contributed by atoms with Gasteiger partial charge in [-0.2, -0.15) is 0 Å². The van der Waals surface area contributed by atoms with Crippen molar-refractivity contribution >= 4 is 39.1 Å². The first-order valence-corrected chi connectivity index (χ1v) is 14.5. The lowest BCUT2D eigenvalue weighted by Crippen LogP contribution is -2.49. The van der Waals surface area contributed by atoms with Crippen molar-refractivity contribution in [3.63, 3.8) is 0 Å². The van der Waals surface area contributed by atoms with Crippen LogP contribution in [-0.4, -0.2) is 50.5 Å². The first kappa shape index (κ1) is 29.6. The van der Waals surface area contributed by atoms with Gasteiger partial charge in [0.25, 0.3) is 0 Å².